The van der Waals surface area contributed by atoms with E-state index in [0.29, 0.717) is 22.6 Å². The zero-order valence-electron chi connectivity index (χ0n) is 24.9. The molecule has 0 saturated carbocycles. The quantitative estimate of drug-likeness (QED) is 0.488. The maximum atomic E-state index is 8.78. The van der Waals surface area contributed by atoms with Crippen molar-refractivity contribution >= 4 is 0 Å². The number of para-hydroxylation sites is 1. The fourth-order valence-electron chi connectivity index (χ4n) is 3.54. The molecule has 0 spiro atoms. The van der Waals surface area contributed by atoms with Crippen LogP contribution in [0.2, 0.25) is 0 Å². The van der Waals surface area contributed by atoms with E-state index in [1.165, 1.54) is 12.1 Å². The highest BCUT2D eigenvalue weighted by Gasteiger charge is 2.26. The lowest BCUT2D eigenvalue weighted by atomic mass is 9.92. The van der Waals surface area contributed by atoms with Crippen LogP contribution in [-0.4, -0.2) is 4.57 Å². The number of hydrogen-bond acceptors (Lipinski definition) is 0. The minimum atomic E-state index is -2.61. The Balaban J connectivity index is 2.46. The first-order chi connectivity index (χ1) is 15.7. The summed E-state index contributed by atoms with van der Waals surface area (Å²) in [7, 11) is 1.83. The molecule has 3 rings (SSSR count). The Bertz CT molecular complexity index is 1220. The fraction of sp³-hybridized carbons (Fsp3) is 0.400. The second-order valence-electron chi connectivity index (χ2n) is 7.52. The first-order valence-corrected chi connectivity index (χ1v) is 9.12. The summed E-state index contributed by atoms with van der Waals surface area (Å²) < 4.78 is 69.0. The van der Waals surface area contributed by atoms with Gasteiger partial charge < -0.3 is 0 Å². The van der Waals surface area contributed by atoms with Crippen molar-refractivity contribution in [1.82, 2.24) is 4.57 Å². The van der Waals surface area contributed by atoms with E-state index in [1.54, 1.807) is 34.6 Å². The van der Waals surface area contributed by atoms with E-state index in [0.717, 1.165) is 11.1 Å². The van der Waals surface area contributed by atoms with Crippen LogP contribution in [0.25, 0.3) is 17.1 Å². The molecule has 3 aromatic rings. The molecule has 0 aliphatic rings. The van der Waals surface area contributed by atoms with Gasteiger partial charge in [-0.2, -0.15) is 4.57 Å². The van der Waals surface area contributed by atoms with Crippen LogP contribution in [-0.2, 0) is 7.05 Å². The van der Waals surface area contributed by atoms with Gasteiger partial charge in [0.05, 0.1) is 12.6 Å². The van der Waals surface area contributed by atoms with Crippen molar-refractivity contribution in [2.24, 2.45) is 7.05 Å². The molecular weight excluding hydrogens is 328 g/mol. The summed E-state index contributed by atoms with van der Waals surface area (Å²) in [5.41, 5.74) is 2.94. The monoisotopic (exact) mass is 369 g/mol. The Labute approximate surface area is 175 Å². The standard InChI is InChI=1S/C25H33N2/c1-16(2)21-10-9-11-22(17(3)4)24(21)27-13-12-26(8)25(27)23-15-19(6)18(5)14-20(23)7/h9-17H,1-8H3/q+1/i5D3,6D3,16D,17D. The fourth-order valence-corrected chi connectivity index (χ4v) is 3.54. The van der Waals surface area contributed by atoms with Gasteiger partial charge in [-0.15, -0.1) is 0 Å². The minimum absolute atomic E-state index is 0.180. The average molecular weight is 370 g/mol. The Morgan fingerprint density at radius 1 is 0.963 bits per heavy atom. The Kier molecular flexibility index (Phi) is 3.12. The van der Waals surface area contributed by atoms with E-state index in [2.05, 4.69) is 0 Å². The molecule has 0 N–H and O–H groups in total. The molecule has 0 unspecified atom stereocenters. The number of imidazole rings is 1. The van der Waals surface area contributed by atoms with Crippen molar-refractivity contribution in [1.29, 1.82) is 0 Å². The summed E-state index contributed by atoms with van der Waals surface area (Å²) >= 11 is 0. The highest BCUT2D eigenvalue weighted by atomic mass is 15.1. The molecule has 1 heterocycles. The molecule has 142 valence electrons. The van der Waals surface area contributed by atoms with Gasteiger partial charge in [-0.25, -0.2) is 4.57 Å². The third-order valence-corrected chi connectivity index (χ3v) is 4.96. The highest BCUT2D eigenvalue weighted by molar-refractivity contribution is 5.65. The van der Waals surface area contributed by atoms with E-state index in [1.807, 2.05) is 46.8 Å². The molecule has 0 fully saturated rings. The van der Waals surface area contributed by atoms with Crippen molar-refractivity contribution < 1.29 is 15.5 Å². The summed E-state index contributed by atoms with van der Waals surface area (Å²) in [4.78, 5) is 0. The molecule has 0 aliphatic heterocycles. The number of hydrogen-bond donors (Lipinski definition) is 0. The molecule has 0 bridgehead atoms. The smallest absolute Gasteiger partial charge is 0.232 e. The van der Waals surface area contributed by atoms with Crippen molar-refractivity contribution in [2.75, 3.05) is 0 Å². The van der Waals surface area contributed by atoms with E-state index in [4.69, 9.17) is 11.0 Å². The van der Waals surface area contributed by atoms with Crippen LogP contribution in [0, 0.1) is 20.6 Å². The maximum absolute atomic E-state index is 8.78. The van der Waals surface area contributed by atoms with Gasteiger partial charge in [0.2, 0.25) is 0 Å². The minimum Gasteiger partial charge on any atom is -0.232 e. The molecule has 0 amide bonds. The molecule has 2 heteroatoms. The van der Waals surface area contributed by atoms with Crippen LogP contribution in [0.3, 0.4) is 0 Å². The summed E-state index contributed by atoms with van der Waals surface area (Å²) in [6.45, 7) is 3.75. The van der Waals surface area contributed by atoms with Crippen LogP contribution in [0.15, 0.2) is 42.7 Å². The van der Waals surface area contributed by atoms with Crippen molar-refractivity contribution in [2.45, 2.75) is 60.1 Å². The first kappa shape index (κ1) is 11.5. The highest BCUT2D eigenvalue weighted by Crippen LogP contribution is 2.34. The van der Waals surface area contributed by atoms with Gasteiger partial charge in [0.25, 0.3) is 5.82 Å². The second kappa shape index (κ2) is 7.34. The number of aromatic nitrogens is 2. The number of rotatable bonds is 4. The Morgan fingerprint density at radius 3 is 2.11 bits per heavy atom. The van der Waals surface area contributed by atoms with Crippen molar-refractivity contribution in [3.05, 3.63) is 70.5 Å². The SMILES string of the molecule is [2H]C([2H])([2H])c1cc(C)c(-c2n(-c3c(C([2H])(C)C)cccc3C([2H])(C)C)cc[n+]2C)cc1C([2H])([2H])[2H]. The molecule has 1 aromatic heterocycles. The Morgan fingerprint density at radius 2 is 1.56 bits per heavy atom. The Hall–Kier alpha value is -2.35. The van der Waals surface area contributed by atoms with Gasteiger partial charge in [0.15, 0.2) is 0 Å². The van der Waals surface area contributed by atoms with Gasteiger partial charge >= 0.3 is 0 Å². The summed E-state index contributed by atoms with van der Waals surface area (Å²) in [6.07, 6.45) is 3.66. The van der Waals surface area contributed by atoms with Gasteiger partial charge in [-0.3, -0.25) is 0 Å². The maximum Gasteiger partial charge on any atom is 0.294 e. The lowest BCUT2D eigenvalue weighted by Crippen LogP contribution is -2.29. The molecule has 0 saturated heterocycles. The molecule has 2 aromatic carbocycles. The lowest BCUT2D eigenvalue weighted by molar-refractivity contribution is -0.659. The molecule has 0 radical (unpaired) electrons. The number of benzene rings is 2. The topological polar surface area (TPSA) is 8.81 Å². The predicted octanol–water partition coefficient (Wildman–Crippen LogP) is 6.14. The first-order valence-electron chi connectivity index (χ1n) is 13.1. The van der Waals surface area contributed by atoms with E-state index in [-0.39, 0.29) is 11.1 Å². The average Bonchev–Trinajstić information content (AvgIpc) is 3.05. The molecular formula is C25H33N2+. The molecule has 0 aliphatic carbocycles. The van der Waals surface area contributed by atoms with Crippen LogP contribution >= 0.6 is 0 Å². The number of aryl methyl sites for hydroxylation is 4. The summed E-state index contributed by atoms with van der Waals surface area (Å²) in [5.74, 6) is -1.31. The summed E-state index contributed by atoms with van der Waals surface area (Å²) in [6, 6.07) is 8.50. The van der Waals surface area contributed by atoms with Gasteiger partial charge in [-0.1, -0.05) is 52.0 Å². The zero-order chi connectivity index (χ0) is 26.7. The predicted molar refractivity (Wildman–Crippen MR) is 115 cm³/mol. The van der Waals surface area contributed by atoms with Crippen LogP contribution in [0.4, 0.5) is 0 Å². The molecule has 0 atom stereocenters. The molecule has 27 heavy (non-hydrogen) atoms. The summed E-state index contributed by atoms with van der Waals surface area (Å²) in [5, 5.41) is 0. The van der Waals surface area contributed by atoms with Gasteiger partial charge in [-0.05, 0) is 55.2 Å². The van der Waals surface area contributed by atoms with E-state index in [9.17, 15) is 0 Å². The zero-order valence-corrected chi connectivity index (χ0v) is 16.9. The van der Waals surface area contributed by atoms with E-state index < -0.39 is 25.5 Å². The van der Waals surface area contributed by atoms with Gasteiger partial charge in [0, 0.05) is 22.1 Å². The van der Waals surface area contributed by atoms with Gasteiger partial charge in [0.1, 0.15) is 18.1 Å². The third kappa shape index (κ3) is 3.45. The van der Waals surface area contributed by atoms with Crippen molar-refractivity contribution in [3.8, 4) is 17.1 Å². The van der Waals surface area contributed by atoms with Crippen LogP contribution in [0.5, 0.6) is 0 Å². The second-order valence-corrected chi connectivity index (χ2v) is 7.52. The molecule has 2 nitrogen and oxygen atoms in total. The van der Waals surface area contributed by atoms with Crippen LogP contribution in [0.1, 0.15) is 78.3 Å². The lowest BCUT2D eigenvalue weighted by Gasteiger charge is -2.18. The largest absolute Gasteiger partial charge is 0.294 e. The van der Waals surface area contributed by atoms with Crippen molar-refractivity contribution in [3.63, 3.8) is 0 Å². The normalized spacial score (nSPS) is 17.7. The van der Waals surface area contributed by atoms with E-state index >= 15 is 0 Å². The third-order valence-electron chi connectivity index (χ3n) is 4.96. The number of nitrogens with zero attached hydrogens (tertiary/aromatic N) is 2. The van der Waals surface area contributed by atoms with Crippen LogP contribution < -0.4 is 4.57 Å².